The lowest BCUT2D eigenvalue weighted by atomic mass is 10.1. The lowest BCUT2D eigenvalue weighted by Crippen LogP contribution is -2.21. The maximum atomic E-state index is 12.6. The summed E-state index contributed by atoms with van der Waals surface area (Å²) in [5, 5.41) is 3.42. The molecule has 2 aromatic heterocycles. The first kappa shape index (κ1) is 17.4. The highest BCUT2D eigenvalue weighted by Crippen LogP contribution is 2.25. The fourth-order valence-corrected chi connectivity index (χ4v) is 3.39. The van der Waals surface area contributed by atoms with Crippen molar-refractivity contribution in [2.45, 2.75) is 12.3 Å². The summed E-state index contributed by atoms with van der Waals surface area (Å²) in [6.45, 7) is 1.97. The molecule has 1 N–H and O–H groups in total. The molecule has 0 radical (unpaired) electrons. The molecule has 1 atom stereocenters. The Morgan fingerprint density at radius 3 is 2.59 bits per heavy atom. The van der Waals surface area contributed by atoms with E-state index in [1.807, 2.05) is 84.4 Å². The minimum Gasteiger partial charge on any atom is -0.326 e. The Kier molecular flexibility index (Phi) is 4.69. The monoisotopic (exact) mass is 373 g/mol. The van der Waals surface area contributed by atoms with Gasteiger partial charge in [0.25, 0.3) is 5.91 Å². The third-order valence-electron chi connectivity index (χ3n) is 4.51. The topological polar surface area (TPSA) is 46.9 Å². The summed E-state index contributed by atoms with van der Waals surface area (Å²) in [5.74, 6) is -0.174. The number of anilines is 1. The van der Waals surface area contributed by atoms with Gasteiger partial charge < -0.3 is 9.88 Å². The van der Waals surface area contributed by atoms with E-state index in [0.29, 0.717) is 0 Å². The average Bonchev–Trinajstić information content (AvgIpc) is 3.12. The van der Waals surface area contributed by atoms with Crippen LogP contribution in [0.4, 0.5) is 5.69 Å². The number of nitrogens with one attached hydrogen (secondary N) is 1. The molecule has 0 bridgehead atoms. The molecule has 0 spiro atoms. The van der Waals surface area contributed by atoms with E-state index in [4.69, 9.17) is 0 Å². The van der Waals surface area contributed by atoms with Crippen molar-refractivity contribution < 1.29 is 4.79 Å². The van der Waals surface area contributed by atoms with Crippen LogP contribution in [0.3, 0.4) is 0 Å². The molecule has 4 nitrogen and oxygen atoms in total. The molecule has 0 saturated carbocycles. The van der Waals surface area contributed by atoms with Crippen LogP contribution in [0.25, 0.3) is 22.0 Å². The quantitative estimate of drug-likeness (QED) is 0.490. The summed E-state index contributed by atoms with van der Waals surface area (Å²) in [4.78, 5) is 16.9. The summed E-state index contributed by atoms with van der Waals surface area (Å²) in [7, 11) is 0. The number of para-hydroxylation sites is 1. The first-order valence-electron chi connectivity index (χ1n) is 8.69. The highest BCUT2D eigenvalue weighted by atomic mass is 32.1. The molecular weight excluding hydrogens is 354 g/mol. The van der Waals surface area contributed by atoms with Crippen LogP contribution in [0.2, 0.25) is 0 Å². The maximum absolute atomic E-state index is 12.6. The summed E-state index contributed by atoms with van der Waals surface area (Å²) in [6, 6.07) is 21.7. The van der Waals surface area contributed by atoms with Gasteiger partial charge in [0.1, 0.15) is 0 Å². The molecule has 4 aromatic rings. The SMILES string of the molecule is Cc1cc(-c2ccc(NC(=O)C(S)n3ccc4ccccc43)cc2)ccn1. The molecule has 0 aliphatic carbocycles. The summed E-state index contributed by atoms with van der Waals surface area (Å²) < 4.78 is 1.86. The third-order valence-corrected chi connectivity index (χ3v) is 4.99. The molecule has 4 rings (SSSR count). The number of amides is 1. The van der Waals surface area contributed by atoms with Gasteiger partial charge in [0.2, 0.25) is 0 Å². The standard InChI is InChI=1S/C22H19N3OS/c1-15-14-18(10-12-23-15)16-6-8-19(9-7-16)24-21(26)22(27)25-13-11-17-4-2-3-5-20(17)25/h2-14,22,27H,1H3,(H,24,26). The van der Waals surface area contributed by atoms with Crippen molar-refractivity contribution in [3.05, 3.63) is 84.8 Å². The van der Waals surface area contributed by atoms with Crippen molar-refractivity contribution in [1.82, 2.24) is 9.55 Å². The Hall–Kier alpha value is -3.05. The van der Waals surface area contributed by atoms with Crippen LogP contribution in [0, 0.1) is 6.92 Å². The van der Waals surface area contributed by atoms with E-state index < -0.39 is 5.37 Å². The van der Waals surface area contributed by atoms with Crippen LogP contribution in [0.5, 0.6) is 0 Å². The molecule has 134 valence electrons. The van der Waals surface area contributed by atoms with Crippen LogP contribution in [-0.2, 0) is 4.79 Å². The number of pyridine rings is 1. The number of benzene rings is 2. The Morgan fingerprint density at radius 2 is 1.81 bits per heavy atom. The fourth-order valence-electron chi connectivity index (χ4n) is 3.12. The zero-order chi connectivity index (χ0) is 18.8. The van der Waals surface area contributed by atoms with Gasteiger partial charge in [0, 0.05) is 29.3 Å². The number of fused-ring (bicyclic) bond motifs is 1. The van der Waals surface area contributed by atoms with E-state index in [-0.39, 0.29) is 5.91 Å². The summed E-state index contributed by atoms with van der Waals surface area (Å²) >= 11 is 4.52. The number of rotatable bonds is 4. The molecule has 1 amide bonds. The minimum absolute atomic E-state index is 0.174. The second-order valence-electron chi connectivity index (χ2n) is 6.41. The molecule has 2 heterocycles. The molecule has 5 heteroatoms. The lowest BCUT2D eigenvalue weighted by Gasteiger charge is -2.15. The zero-order valence-electron chi connectivity index (χ0n) is 14.8. The number of nitrogens with zero attached hydrogens (tertiary/aromatic N) is 2. The van der Waals surface area contributed by atoms with Gasteiger partial charge in [-0.2, -0.15) is 0 Å². The predicted molar refractivity (Wildman–Crippen MR) is 113 cm³/mol. The molecule has 0 fully saturated rings. The Labute approximate surface area is 163 Å². The zero-order valence-corrected chi connectivity index (χ0v) is 15.7. The van der Waals surface area contributed by atoms with Gasteiger partial charge in [-0.05, 0) is 59.8 Å². The molecule has 27 heavy (non-hydrogen) atoms. The predicted octanol–water partition coefficient (Wildman–Crippen LogP) is 5.08. The molecular formula is C22H19N3OS. The third kappa shape index (κ3) is 3.59. The second-order valence-corrected chi connectivity index (χ2v) is 6.90. The molecule has 0 aliphatic rings. The van der Waals surface area contributed by atoms with Gasteiger partial charge in [-0.3, -0.25) is 9.78 Å². The van der Waals surface area contributed by atoms with Crippen LogP contribution < -0.4 is 5.32 Å². The van der Waals surface area contributed by atoms with Crippen molar-refractivity contribution in [2.75, 3.05) is 5.32 Å². The first-order valence-corrected chi connectivity index (χ1v) is 9.21. The van der Waals surface area contributed by atoms with E-state index in [2.05, 4.69) is 22.9 Å². The van der Waals surface area contributed by atoms with E-state index >= 15 is 0 Å². The molecule has 0 saturated heterocycles. The smallest absolute Gasteiger partial charge is 0.257 e. The number of hydrogen-bond acceptors (Lipinski definition) is 3. The van der Waals surface area contributed by atoms with E-state index in [1.165, 1.54) is 0 Å². The fraction of sp³-hybridized carbons (Fsp3) is 0.0909. The van der Waals surface area contributed by atoms with Gasteiger partial charge in [-0.15, -0.1) is 12.6 Å². The molecule has 1 unspecified atom stereocenters. The lowest BCUT2D eigenvalue weighted by molar-refractivity contribution is -0.116. The first-order chi connectivity index (χ1) is 13.1. The number of carbonyl (C=O) groups excluding carboxylic acids is 1. The maximum Gasteiger partial charge on any atom is 0.257 e. The van der Waals surface area contributed by atoms with Gasteiger partial charge >= 0.3 is 0 Å². The van der Waals surface area contributed by atoms with E-state index in [0.717, 1.165) is 33.4 Å². The van der Waals surface area contributed by atoms with Gasteiger partial charge in [-0.25, -0.2) is 0 Å². The van der Waals surface area contributed by atoms with Crippen molar-refractivity contribution in [3.63, 3.8) is 0 Å². The Morgan fingerprint density at radius 1 is 1.04 bits per heavy atom. The summed E-state index contributed by atoms with van der Waals surface area (Å²) in [6.07, 6.45) is 3.68. The van der Waals surface area contributed by atoms with Gasteiger partial charge in [-0.1, -0.05) is 30.3 Å². The van der Waals surface area contributed by atoms with Crippen LogP contribution in [0.1, 0.15) is 11.1 Å². The summed E-state index contributed by atoms with van der Waals surface area (Å²) in [5.41, 5.74) is 4.88. The second kappa shape index (κ2) is 7.29. The largest absolute Gasteiger partial charge is 0.326 e. The molecule has 2 aromatic carbocycles. The van der Waals surface area contributed by atoms with Crippen LogP contribution in [-0.4, -0.2) is 15.5 Å². The number of thiol groups is 1. The van der Waals surface area contributed by atoms with Gasteiger partial charge in [0.15, 0.2) is 5.37 Å². The van der Waals surface area contributed by atoms with Crippen molar-refractivity contribution >= 4 is 35.1 Å². The number of aromatic nitrogens is 2. The van der Waals surface area contributed by atoms with Gasteiger partial charge in [0.05, 0.1) is 0 Å². The molecule has 0 aliphatic heterocycles. The highest BCUT2D eigenvalue weighted by molar-refractivity contribution is 7.81. The van der Waals surface area contributed by atoms with Crippen molar-refractivity contribution in [1.29, 1.82) is 0 Å². The van der Waals surface area contributed by atoms with E-state index in [9.17, 15) is 4.79 Å². The number of hydrogen-bond donors (Lipinski definition) is 2. The van der Waals surface area contributed by atoms with Crippen LogP contribution in [0.15, 0.2) is 79.1 Å². The number of aryl methyl sites for hydroxylation is 1. The minimum atomic E-state index is -0.604. The van der Waals surface area contributed by atoms with Crippen molar-refractivity contribution in [3.8, 4) is 11.1 Å². The average molecular weight is 373 g/mol. The number of carbonyl (C=O) groups is 1. The van der Waals surface area contributed by atoms with Crippen LogP contribution >= 0.6 is 12.6 Å². The normalized spacial score (nSPS) is 12.1. The Balaban J connectivity index is 1.51. The van der Waals surface area contributed by atoms with Crippen molar-refractivity contribution in [2.24, 2.45) is 0 Å². The Bertz CT molecular complexity index is 1100. The van der Waals surface area contributed by atoms with E-state index in [1.54, 1.807) is 6.20 Å². The highest BCUT2D eigenvalue weighted by Gasteiger charge is 2.17.